The summed E-state index contributed by atoms with van der Waals surface area (Å²) in [5, 5.41) is 22.9. The van der Waals surface area contributed by atoms with E-state index in [1.165, 1.54) is 80.2 Å². The second-order valence-corrected chi connectivity index (χ2v) is 28.9. The molecule has 13 rings (SSSR count). The number of aromatic nitrogens is 9. The van der Waals surface area contributed by atoms with Crippen LogP contribution in [0.15, 0.2) is 66.7 Å². The number of thiophene rings is 1. The van der Waals surface area contributed by atoms with Gasteiger partial charge in [-0.1, -0.05) is 38.2 Å². The lowest BCUT2D eigenvalue weighted by Crippen LogP contribution is -2.51. The van der Waals surface area contributed by atoms with Crippen LogP contribution in [0.4, 0.5) is 23.3 Å². The maximum absolute atomic E-state index is 14.1. The molecule has 26 nitrogen and oxygen atoms in total. The Morgan fingerprint density at radius 3 is 1.76 bits per heavy atom. The molecule has 10 N–H and O–H groups in total. The molecular formula is C75H97N19O7S. The number of nitrogens with one attached hydrogen (secondary N) is 4. The van der Waals surface area contributed by atoms with Gasteiger partial charge in [-0.3, -0.25) is 44.0 Å². The van der Waals surface area contributed by atoms with Crippen LogP contribution in [-0.2, 0) is 45.4 Å². The van der Waals surface area contributed by atoms with Crippen molar-refractivity contribution in [2.24, 2.45) is 11.5 Å². The number of imidazole rings is 2. The van der Waals surface area contributed by atoms with Gasteiger partial charge in [0.05, 0.1) is 41.8 Å². The molecule has 3 fully saturated rings. The summed E-state index contributed by atoms with van der Waals surface area (Å²) < 4.78 is 19.4. The van der Waals surface area contributed by atoms with Crippen LogP contribution in [0.3, 0.4) is 0 Å². The van der Waals surface area contributed by atoms with Gasteiger partial charge in [-0.15, -0.1) is 11.3 Å². The molecule has 102 heavy (non-hydrogen) atoms. The van der Waals surface area contributed by atoms with Gasteiger partial charge in [-0.2, -0.15) is 10.2 Å². The number of anilines is 4. The Morgan fingerprint density at radius 1 is 0.618 bits per heavy atom. The number of nitrogens with zero attached hydrogens (tertiary/aromatic N) is 12. The first-order valence-corrected chi connectivity index (χ1v) is 37.4. The molecule has 3 atom stereocenters. The number of hydrogen-bond acceptors (Lipinski definition) is 18. The van der Waals surface area contributed by atoms with Crippen molar-refractivity contribution in [2.75, 3.05) is 87.3 Å². The number of methoxy groups -OCH3 is 1. The average Bonchev–Trinajstić information content (AvgIpc) is 1.57. The summed E-state index contributed by atoms with van der Waals surface area (Å²) >= 11 is 1.41. The number of primary amides is 2. The Bertz CT molecular complexity index is 4550. The number of ether oxygens (including phenoxy) is 2. The van der Waals surface area contributed by atoms with Crippen molar-refractivity contribution in [1.82, 2.24) is 64.1 Å². The number of hydrogen-bond donors (Lipinski definition) is 7. The lowest BCUT2D eigenvalue weighted by molar-refractivity contribution is 0.0935. The van der Waals surface area contributed by atoms with Gasteiger partial charge in [0.2, 0.25) is 23.7 Å². The molecule has 3 aromatic carbocycles. The number of piperazine rings is 2. The van der Waals surface area contributed by atoms with Gasteiger partial charge in [0, 0.05) is 118 Å². The van der Waals surface area contributed by atoms with Crippen molar-refractivity contribution in [3.8, 4) is 11.5 Å². The first-order valence-electron chi connectivity index (χ1n) is 36.6. The number of carbonyl (C=O) groups is 5. The van der Waals surface area contributed by atoms with E-state index in [-0.39, 0.29) is 35.0 Å². The predicted molar refractivity (Wildman–Crippen MR) is 398 cm³/mol. The summed E-state index contributed by atoms with van der Waals surface area (Å²) in [6, 6.07) is 22.2. The first-order chi connectivity index (χ1) is 49.5. The molecule has 4 aliphatic rings. The molecule has 27 heteroatoms. The highest BCUT2D eigenvalue weighted by atomic mass is 32.1. The molecule has 0 radical (unpaired) electrons. The zero-order valence-electron chi connectivity index (χ0n) is 59.5. The van der Waals surface area contributed by atoms with E-state index in [1.807, 2.05) is 42.9 Å². The van der Waals surface area contributed by atoms with Gasteiger partial charge in [-0.05, 0) is 177 Å². The van der Waals surface area contributed by atoms with E-state index in [1.54, 1.807) is 45.8 Å². The summed E-state index contributed by atoms with van der Waals surface area (Å²) in [6.45, 7) is 17.5. The van der Waals surface area contributed by atoms with Crippen molar-refractivity contribution in [1.29, 1.82) is 0 Å². The molecule has 9 aromatic rings. The summed E-state index contributed by atoms with van der Waals surface area (Å²) in [6.07, 6.45) is 16.2. The molecule has 9 heterocycles. The quantitative estimate of drug-likeness (QED) is 0.0193. The fourth-order valence-corrected chi connectivity index (χ4v) is 16.4. The van der Waals surface area contributed by atoms with E-state index < -0.39 is 23.6 Å². The molecule has 3 unspecified atom stereocenters. The van der Waals surface area contributed by atoms with E-state index >= 15 is 0 Å². The first kappa shape index (κ1) is 71.0. The summed E-state index contributed by atoms with van der Waals surface area (Å²) in [5.74, 6) is -0.961. The standard InChI is InChI=1S/C75H97N19O7S/c1-6-93-60(36-46(3)86-93)70(97)84-74-82-58-40-50(68(77)95)42-62(100-5)65(58)91(74)29-15-16-30-92-66-59(83-75(92)85-71(98)61-37-47(4)87-94(61)7-2)41-51(69(78)96)43-63(66)101-35-17-28-89-33-31-88(32-34-89)27-14-12-10-8-9-11-13-18-52-24-26-57-64(76)67(102-73(57)81-52)72(99)80-53-21-19-49-39-56(25-20-48(49)38-53)90-44-54-22-23-55(45-90)79-54/h20,24-26,36-37,39-43,53-55,79H,6-19,21-23,27-35,38,44-45,76H2,1-5H3,(H2,77,95)(H2,78,96)(H,80,99)(H,82,84,97)(H,83,85,98). The van der Waals surface area contributed by atoms with Crippen molar-refractivity contribution >= 4 is 96.4 Å². The number of pyridine rings is 1. The third-order valence-corrected chi connectivity index (χ3v) is 21.8. The van der Waals surface area contributed by atoms with Crippen LogP contribution < -0.4 is 52.8 Å². The minimum atomic E-state index is -0.655. The van der Waals surface area contributed by atoms with Gasteiger partial charge in [0.25, 0.3) is 17.7 Å². The Morgan fingerprint density at radius 2 is 1.18 bits per heavy atom. The fourth-order valence-electron chi connectivity index (χ4n) is 15.3. The smallest absolute Gasteiger partial charge is 0.276 e. The van der Waals surface area contributed by atoms with Crippen LogP contribution in [0.5, 0.6) is 11.5 Å². The summed E-state index contributed by atoms with van der Waals surface area (Å²) in [7, 11) is 1.49. The van der Waals surface area contributed by atoms with Gasteiger partial charge >= 0.3 is 0 Å². The number of fused-ring (bicyclic) bond motifs is 6. The average molecular weight is 1410 g/mol. The van der Waals surface area contributed by atoms with Crippen LogP contribution in [0, 0.1) is 13.8 Å². The van der Waals surface area contributed by atoms with Crippen molar-refractivity contribution in [2.45, 2.75) is 175 Å². The number of carbonyl (C=O) groups excluding carboxylic acids is 5. The van der Waals surface area contributed by atoms with Gasteiger partial charge < -0.3 is 61.1 Å². The number of amides is 5. The zero-order chi connectivity index (χ0) is 71.1. The largest absolute Gasteiger partial charge is 0.494 e. The van der Waals surface area contributed by atoms with Crippen LogP contribution >= 0.6 is 11.3 Å². The zero-order valence-corrected chi connectivity index (χ0v) is 60.3. The van der Waals surface area contributed by atoms with Crippen LogP contribution in [0.1, 0.15) is 177 Å². The number of aryl methyl sites for hydroxylation is 8. The predicted octanol–water partition coefficient (Wildman–Crippen LogP) is 9.41. The highest BCUT2D eigenvalue weighted by molar-refractivity contribution is 7.21. The maximum Gasteiger partial charge on any atom is 0.276 e. The maximum atomic E-state index is 14.1. The Labute approximate surface area is 598 Å². The van der Waals surface area contributed by atoms with E-state index in [9.17, 15) is 24.0 Å². The summed E-state index contributed by atoms with van der Waals surface area (Å²) in [5.41, 5.74) is 28.4. The number of unbranched alkanes of at least 4 members (excludes halogenated alkanes) is 7. The normalized spacial score (nSPS) is 17.0. The topological polar surface area (TPSA) is 324 Å². The molecule has 3 saturated heterocycles. The van der Waals surface area contributed by atoms with Crippen LogP contribution in [0.2, 0.25) is 0 Å². The molecule has 2 bridgehead atoms. The SMILES string of the molecule is CCn1nc(C)cc1C(=O)Nc1nc2cc(C(N)=O)cc(OC)c2n1CCCCn1c(NC(=O)c2cc(C)nn2CC)nc2cc(C(N)=O)cc(OCCCN3CCN(CCCCCCCCCc4ccc5c(N)c(C(=O)NC6CCc7cc(N8CC9CCC(C8)N9)ccc7C6)sc5n4)CC3)c21. The van der Waals surface area contributed by atoms with Gasteiger partial charge in [0.15, 0.2) is 0 Å². The second-order valence-electron chi connectivity index (χ2n) is 27.9. The van der Waals surface area contributed by atoms with Crippen LogP contribution in [0.25, 0.3) is 32.3 Å². The van der Waals surface area contributed by atoms with E-state index in [4.69, 9.17) is 41.6 Å². The highest BCUT2D eigenvalue weighted by Crippen LogP contribution is 2.37. The Balaban J connectivity index is 0.561. The van der Waals surface area contributed by atoms with Crippen molar-refractivity contribution in [3.63, 3.8) is 0 Å². The van der Waals surface area contributed by atoms with Gasteiger partial charge in [0.1, 0.15) is 43.6 Å². The lowest BCUT2D eigenvalue weighted by Gasteiger charge is -2.35. The number of nitrogens with two attached hydrogens (primary N) is 3. The fraction of sp³-hybridized carbons (Fsp3) is 0.493. The Hall–Kier alpha value is -9.44. The molecule has 0 spiro atoms. The van der Waals surface area contributed by atoms with E-state index in [0.717, 1.165) is 113 Å². The second kappa shape index (κ2) is 31.8. The number of nitrogen functional groups attached to an aromatic ring is 1. The van der Waals surface area contributed by atoms with E-state index in [2.05, 4.69) is 70.4 Å². The third kappa shape index (κ3) is 16.1. The highest BCUT2D eigenvalue weighted by Gasteiger charge is 2.34. The molecular weight excluding hydrogens is 1310 g/mol. The molecule has 3 aliphatic heterocycles. The van der Waals surface area contributed by atoms with Crippen LogP contribution in [-0.4, -0.2) is 167 Å². The minimum Gasteiger partial charge on any atom is -0.494 e. The lowest BCUT2D eigenvalue weighted by atomic mass is 9.87. The molecule has 5 amide bonds. The molecule has 0 saturated carbocycles. The third-order valence-electron chi connectivity index (χ3n) is 20.7. The number of benzene rings is 3. The molecule has 1 aliphatic carbocycles. The Kier molecular flexibility index (Phi) is 22.2. The van der Waals surface area contributed by atoms with E-state index in [0.29, 0.717) is 125 Å². The molecule has 6 aromatic heterocycles. The minimum absolute atomic E-state index is 0.0730. The molecule has 540 valence electrons. The van der Waals surface area contributed by atoms with Crippen molar-refractivity contribution in [3.05, 3.63) is 122 Å². The number of rotatable bonds is 32. The monoisotopic (exact) mass is 1410 g/mol. The van der Waals surface area contributed by atoms with Gasteiger partial charge in [-0.25, -0.2) is 15.0 Å². The van der Waals surface area contributed by atoms with Crippen molar-refractivity contribution < 1.29 is 33.4 Å². The summed E-state index contributed by atoms with van der Waals surface area (Å²) in [4.78, 5) is 90.7.